The van der Waals surface area contributed by atoms with Gasteiger partial charge in [0.1, 0.15) is 5.82 Å². The number of aryl methyl sites for hydroxylation is 1. The van der Waals surface area contributed by atoms with E-state index in [1.807, 2.05) is 11.4 Å². The summed E-state index contributed by atoms with van der Waals surface area (Å²) in [5, 5.41) is 10.6. The van der Waals surface area contributed by atoms with Crippen LogP contribution in [0.5, 0.6) is 0 Å². The first-order valence-corrected chi connectivity index (χ1v) is 6.49. The van der Waals surface area contributed by atoms with E-state index in [2.05, 4.69) is 14.8 Å². The molecule has 1 aliphatic rings. The average Bonchev–Trinajstić information content (AvgIpc) is 2.78. The maximum Gasteiger partial charge on any atom is 0.176 e. The second-order valence-corrected chi connectivity index (χ2v) is 5.02. The molecule has 4 nitrogen and oxygen atoms in total. The van der Waals surface area contributed by atoms with Crippen molar-refractivity contribution >= 4 is 17.0 Å². The zero-order valence-corrected chi connectivity index (χ0v) is 9.83. The molecule has 0 amide bonds. The van der Waals surface area contributed by atoms with Gasteiger partial charge in [-0.05, 0) is 24.3 Å². The first kappa shape index (κ1) is 9.84. The number of aromatic nitrogens is 3. The molecule has 84 valence electrons. The van der Waals surface area contributed by atoms with Gasteiger partial charge in [-0.3, -0.25) is 0 Å². The van der Waals surface area contributed by atoms with Crippen LogP contribution in [0.15, 0.2) is 11.4 Å². The van der Waals surface area contributed by atoms with Crippen LogP contribution in [0.1, 0.15) is 25.1 Å². The number of nitrogens with zero attached hydrogens (tertiary/aromatic N) is 3. The van der Waals surface area contributed by atoms with Crippen molar-refractivity contribution in [2.24, 2.45) is 0 Å². The highest BCUT2D eigenvalue weighted by Crippen LogP contribution is 2.31. The fourth-order valence-electron chi connectivity index (χ4n) is 2.15. The molecule has 2 aromatic heterocycles. The van der Waals surface area contributed by atoms with Crippen molar-refractivity contribution in [3.8, 4) is 10.7 Å². The minimum atomic E-state index is 0.810. The van der Waals surface area contributed by atoms with Gasteiger partial charge in [-0.15, -0.1) is 21.5 Å². The van der Waals surface area contributed by atoms with Crippen LogP contribution in [0, 0.1) is 0 Å². The number of nitrogen functional groups attached to an aromatic ring is 1. The molecule has 16 heavy (non-hydrogen) atoms. The van der Waals surface area contributed by atoms with Gasteiger partial charge in [0.05, 0.1) is 10.6 Å². The predicted molar refractivity (Wildman–Crippen MR) is 65.3 cm³/mol. The molecule has 1 aliphatic heterocycles. The maximum absolute atomic E-state index is 5.93. The third-order valence-electron chi connectivity index (χ3n) is 3.01. The lowest BCUT2D eigenvalue weighted by Gasteiger charge is -2.05. The Balaban J connectivity index is 2.09. The third-order valence-corrected chi connectivity index (χ3v) is 3.93. The standard InChI is InChI=1S/C11H14N4S/c12-8-5-7-16-10(8)11-14-13-9-4-2-1-3-6-15(9)11/h5,7H,1-4,6,12H2. The van der Waals surface area contributed by atoms with E-state index in [0.717, 1.165) is 35.2 Å². The third kappa shape index (κ3) is 1.51. The summed E-state index contributed by atoms with van der Waals surface area (Å²) in [6.45, 7) is 1.02. The zero-order valence-electron chi connectivity index (χ0n) is 9.02. The number of nitrogens with two attached hydrogens (primary N) is 1. The highest BCUT2D eigenvalue weighted by Gasteiger charge is 2.18. The molecule has 0 fully saturated rings. The van der Waals surface area contributed by atoms with Crippen LogP contribution in [0.2, 0.25) is 0 Å². The Morgan fingerprint density at radius 3 is 3.00 bits per heavy atom. The summed E-state index contributed by atoms with van der Waals surface area (Å²) in [7, 11) is 0. The van der Waals surface area contributed by atoms with Crippen molar-refractivity contribution in [2.45, 2.75) is 32.2 Å². The molecule has 0 spiro atoms. The van der Waals surface area contributed by atoms with Crippen LogP contribution >= 0.6 is 11.3 Å². The predicted octanol–water partition coefficient (Wildman–Crippen LogP) is 2.32. The molecular weight excluding hydrogens is 220 g/mol. The Morgan fingerprint density at radius 1 is 1.25 bits per heavy atom. The molecule has 0 bridgehead atoms. The lowest BCUT2D eigenvalue weighted by Crippen LogP contribution is -2.03. The van der Waals surface area contributed by atoms with Crippen LogP contribution in [0.3, 0.4) is 0 Å². The Labute approximate surface area is 98.1 Å². The molecule has 0 atom stereocenters. The first-order valence-electron chi connectivity index (χ1n) is 5.61. The molecule has 3 rings (SSSR count). The lowest BCUT2D eigenvalue weighted by molar-refractivity contribution is 0.637. The number of anilines is 1. The molecule has 0 saturated carbocycles. The van der Waals surface area contributed by atoms with Crippen LogP contribution < -0.4 is 5.73 Å². The van der Waals surface area contributed by atoms with E-state index in [1.54, 1.807) is 11.3 Å². The van der Waals surface area contributed by atoms with E-state index in [0.29, 0.717) is 0 Å². The number of thiophene rings is 1. The quantitative estimate of drug-likeness (QED) is 0.823. The van der Waals surface area contributed by atoms with Crippen LogP contribution in [-0.4, -0.2) is 14.8 Å². The van der Waals surface area contributed by atoms with Gasteiger partial charge in [0.15, 0.2) is 5.82 Å². The summed E-state index contributed by atoms with van der Waals surface area (Å²) >= 11 is 1.64. The summed E-state index contributed by atoms with van der Waals surface area (Å²) in [5.74, 6) is 2.06. The van der Waals surface area contributed by atoms with E-state index in [9.17, 15) is 0 Å². The van der Waals surface area contributed by atoms with Gasteiger partial charge < -0.3 is 10.3 Å². The molecule has 5 heteroatoms. The van der Waals surface area contributed by atoms with E-state index in [4.69, 9.17) is 5.73 Å². The van der Waals surface area contributed by atoms with Crippen molar-refractivity contribution < 1.29 is 0 Å². The fraction of sp³-hybridized carbons (Fsp3) is 0.455. The van der Waals surface area contributed by atoms with Gasteiger partial charge in [0.25, 0.3) is 0 Å². The second-order valence-electron chi connectivity index (χ2n) is 4.11. The van der Waals surface area contributed by atoms with E-state index >= 15 is 0 Å². The molecule has 3 heterocycles. The Hall–Kier alpha value is -1.36. The Bertz CT molecular complexity index is 500. The molecule has 2 N–H and O–H groups in total. The molecule has 0 radical (unpaired) electrons. The maximum atomic E-state index is 5.93. The lowest BCUT2D eigenvalue weighted by atomic mass is 10.2. The van der Waals surface area contributed by atoms with Crippen LogP contribution in [0.4, 0.5) is 5.69 Å². The molecule has 0 unspecified atom stereocenters. The van der Waals surface area contributed by atoms with Crippen molar-refractivity contribution in [1.29, 1.82) is 0 Å². The average molecular weight is 234 g/mol. The van der Waals surface area contributed by atoms with Crippen molar-refractivity contribution in [3.63, 3.8) is 0 Å². The van der Waals surface area contributed by atoms with Gasteiger partial charge in [-0.25, -0.2) is 0 Å². The van der Waals surface area contributed by atoms with Gasteiger partial charge in [-0.2, -0.15) is 0 Å². The smallest absolute Gasteiger partial charge is 0.176 e. The summed E-state index contributed by atoms with van der Waals surface area (Å²) in [6.07, 6.45) is 4.75. The summed E-state index contributed by atoms with van der Waals surface area (Å²) in [4.78, 5) is 1.06. The highest BCUT2D eigenvalue weighted by molar-refractivity contribution is 7.14. The zero-order chi connectivity index (χ0) is 11.0. The van der Waals surface area contributed by atoms with Gasteiger partial charge in [0.2, 0.25) is 0 Å². The molecule has 2 aromatic rings. The topological polar surface area (TPSA) is 56.7 Å². The van der Waals surface area contributed by atoms with Crippen molar-refractivity contribution in [3.05, 3.63) is 17.3 Å². The largest absolute Gasteiger partial charge is 0.397 e. The highest BCUT2D eigenvalue weighted by atomic mass is 32.1. The Morgan fingerprint density at radius 2 is 2.19 bits per heavy atom. The summed E-state index contributed by atoms with van der Waals surface area (Å²) in [5.41, 5.74) is 6.74. The van der Waals surface area contributed by atoms with E-state index in [1.165, 1.54) is 19.3 Å². The van der Waals surface area contributed by atoms with Crippen LogP contribution in [-0.2, 0) is 13.0 Å². The monoisotopic (exact) mass is 234 g/mol. The van der Waals surface area contributed by atoms with Gasteiger partial charge >= 0.3 is 0 Å². The molecule has 0 aromatic carbocycles. The number of fused-ring (bicyclic) bond motifs is 1. The fourth-order valence-corrected chi connectivity index (χ4v) is 2.97. The molecule has 0 aliphatic carbocycles. The first-order chi connectivity index (χ1) is 7.86. The summed E-state index contributed by atoms with van der Waals surface area (Å²) < 4.78 is 2.23. The Kier molecular flexibility index (Phi) is 2.40. The number of hydrogen-bond acceptors (Lipinski definition) is 4. The van der Waals surface area contributed by atoms with Gasteiger partial charge in [-0.1, -0.05) is 6.42 Å². The van der Waals surface area contributed by atoms with E-state index in [-0.39, 0.29) is 0 Å². The summed E-state index contributed by atoms with van der Waals surface area (Å²) in [6, 6.07) is 1.93. The van der Waals surface area contributed by atoms with Crippen LogP contribution in [0.25, 0.3) is 10.7 Å². The second kappa shape index (κ2) is 3.90. The van der Waals surface area contributed by atoms with Crippen molar-refractivity contribution in [1.82, 2.24) is 14.8 Å². The number of rotatable bonds is 1. The minimum Gasteiger partial charge on any atom is -0.397 e. The molecule has 0 saturated heterocycles. The molecular formula is C11H14N4S. The minimum absolute atomic E-state index is 0.810. The van der Waals surface area contributed by atoms with Gasteiger partial charge in [0, 0.05) is 13.0 Å². The normalized spacial score (nSPS) is 15.8. The van der Waals surface area contributed by atoms with E-state index < -0.39 is 0 Å². The van der Waals surface area contributed by atoms with Crippen molar-refractivity contribution in [2.75, 3.05) is 5.73 Å². The number of hydrogen-bond donors (Lipinski definition) is 1. The SMILES string of the molecule is Nc1ccsc1-c1nnc2n1CCCCC2.